The number of ether oxygens (including phenoxy) is 1. The number of aromatic hydroxyl groups is 1. The number of carbonyl (C=O) groups excluding carboxylic acids is 4. The molecule has 2 rings (SSSR count). The fraction of sp³-hybridized carbons (Fsp3) is 0.407. The monoisotopic (exact) mass is 528 g/mol. The van der Waals surface area contributed by atoms with Gasteiger partial charge in [0.15, 0.2) is 0 Å². The topological polar surface area (TPSA) is 171 Å². The lowest BCUT2D eigenvalue weighted by atomic mass is 10.0. The Morgan fingerprint density at radius 1 is 1.05 bits per heavy atom. The number of aliphatic hydroxyl groups excluding tert-OH is 1. The van der Waals surface area contributed by atoms with Gasteiger partial charge in [0.05, 0.1) is 6.61 Å². The first-order chi connectivity index (χ1) is 17.8. The number of rotatable bonds is 11. The highest BCUT2D eigenvalue weighted by molar-refractivity contribution is 5.99. The maximum absolute atomic E-state index is 13.8. The molecule has 0 bridgehead atoms. The Balaban J connectivity index is 2.52. The molecule has 6 N–H and O–H groups in total. The standard InChI is InChI=1S/C27H36N4O7/c1-17-9-5-7-11-19(17)29-24(35)23(18-10-6-8-12-21(18)33)31(15-16-32)25(36)20(13-14-22(28)34)30-26(37)38-27(2,3)4/h5-12,20,23,32-33H,13-16H2,1-4H3,(H2,28,34)(H,29,35)(H,30,37). The number of phenolic OH excluding ortho intramolecular Hbond substituents is 1. The number of alkyl carbamates (subject to hydrolysis) is 1. The number of nitrogens with one attached hydrogen (secondary N) is 2. The first kappa shape index (κ1) is 30.1. The number of anilines is 1. The Morgan fingerprint density at radius 2 is 1.68 bits per heavy atom. The van der Waals surface area contributed by atoms with Crippen LogP contribution in [0.1, 0.15) is 50.8 Å². The third-order valence-electron chi connectivity index (χ3n) is 5.49. The van der Waals surface area contributed by atoms with Crippen LogP contribution in [-0.2, 0) is 19.1 Å². The number of primary amides is 1. The van der Waals surface area contributed by atoms with Crippen molar-refractivity contribution in [1.29, 1.82) is 0 Å². The van der Waals surface area contributed by atoms with Crippen molar-refractivity contribution < 1.29 is 34.1 Å². The van der Waals surface area contributed by atoms with Gasteiger partial charge in [-0.3, -0.25) is 14.4 Å². The van der Waals surface area contributed by atoms with E-state index in [1.54, 1.807) is 64.1 Å². The fourth-order valence-electron chi connectivity index (χ4n) is 3.75. The summed E-state index contributed by atoms with van der Waals surface area (Å²) in [4.78, 5) is 52.5. The fourth-order valence-corrected chi connectivity index (χ4v) is 3.75. The number of aryl methyl sites for hydroxylation is 1. The first-order valence-electron chi connectivity index (χ1n) is 12.2. The first-order valence-corrected chi connectivity index (χ1v) is 12.2. The van der Waals surface area contributed by atoms with Crippen molar-refractivity contribution in [3.8, 4) is 5.75 Å². The summed E-state index contributed by atoms with van der Waals surface area (Å²) in [6.07, 6.45) is -1.33. The molecule has 38 heavy (non-hydrogen) atoms. The zero-order valence-corrected chi connectivity index (χ0v) is 22.1. The number of hydrogen-bond donors (Lipinski definition) is 5. The molecule has 2 aromatic carbocycles. The van der Waals surface area contributed by atoms with Gasteiger partial charge in [0.2, 0.25) is 11.8 Å². The molecule has 0 fully saturated rings. The number of phenols is 1. The molecule has 0 aromatic heterocycles. The van der Waals surface area contributed by atoms with E-state index in [0.29, 0.717) is 5.69 Å². The summed E-state index contributed by atoms with van der Waals surface area (Å²) in [7, 11) is 0. The van der Waals surface area contributed by atoms with Crippen LogP contribution in [0.2, 0.25) is 0 Å². The molecule has 0 heterocycles. The molecule has 2 unspecified atom stereocenters. The predicted octanol–water partition coefficient (Wildman–Crippen LogP) is 2.36. The molecule has 0 saturated carbocycles. The van der Waals surface area contributed by atoms with Crippen LogP contribution in [0.3, 0.4) is 0 Å². The third-order valence-corrected chi connectivity index (χ3v) is 5.49. The van der Waals surface area contributed by atoms with Gasteiger partial charge in [-0.1, -0.05) is 36.4 Å². The smallest absolute Gasteiger partial charge is 0.408 e. The Labute approximate surface area is 222 Å². The van der Waals surface area contributed by atoms with Crippen molar-refractivity contribution in [2.24, 2.45) is 5.73 Å². The average molecular weight is 529 g/mol. The molecule has 11 heteroatoms. The maximum Gasteiger partial charge on any atom is 0.408 e. The largest absolute Gasteiger partial charge is 0.508 e. The maximum atomic E-state index is 13.8. The van der Waals surface area contributed by atoms with E-state index >= 15 is 0 Å². The van der Waals surface area contributed by atoms with Gasteiger partial charge in [-0.15, -0.1) is 0 Å². The Bertz CT molecular complexity index is 1150. The van der Waals surface area contributed by atoms with Gasteiger partial charge in [0, 0.05) is 24.2 Å². The highest BCUT2D eigenvalue weighted by Crippen LogP contribution is 2.31. The molecule has 0 saturated heterocycles. The second-order valence-corrected chi connectivity index (χ2v) is 9.72. The van der Waals surface area contributed by atoms with Crippen LogP contribution in [0.5, 0.6) is 5.75 Å². The Kier molecular flexibility index (Phi) is 10.6. The van der Waals surface area contributed by atoms with Crippen molar-refractivity contribution >= 4 is 29.5 Å². The summed E-state index contributed by atoms with van der Waals surface area (Å²) in [5, 5.41) is 25.7. The number of aliphatic hydroxyl groups is 1. The van der Waals surface area contributed by atoms with E-state index in [4.69, 9.17) is 10.5 Å². The molecule has 0 aliphatic rings. The van der Waals surface area contributed by atoms with Gasteiger partial charge in [0.1, 0.15) is 23.4 Å². The summed E-state index contributed by atoms with van der Waals surface area (Å²) < 4.78 is 5.26. The molecular weight excluding hydrogens is 492 g/mol. The number of nitrogens with two attached hydrogens (primary N) is 1. The van der Waals surface area contributed by atoms with E-state index in [1.807, 2.05) is 0 Å². The highest BCUT2D eigenvalue weighted by Gasteiger charge is 2.37. The van der Waals surface area contributed by atoms with Crippen molar-refractivity contribution in [3.63, 3.8) is 0 Å². The number of benzene rings is 2. The molecule has 2 atom stereocenters. The SMILES string of the molecule is Cc1ccccc1NC(=O)C(c1ccccc1O)N(CCO)C(=O)C(CCC(N)=O)NC(=O)OC(C)(C)C. The normalized spacial score (nSPS) is 12.7. The van der Waals surface area contributed by atoms with Gasteiger partial charge in [0.25, 0.3) is 5.91 Å². The minimum atomic E-state index is -1.40. The van der Waals surface area contributed by atoms with Crippen molar-refractivity contribution in [2.75, 3.05) is 18.5 Å². The van der Waals surface area contributed by atoms with Crippen LogP contribution in [0.4, 0.5) is 10.5 Å². The van der Waals surface area contributed by atoms with Gasteiger partial charge in [-0.2, -0.15) is 0 Å². The van der Waals surface area contributed by atoms with Crippen LogP contribution in [0.25, 0.3) is 0 Å². The van der Waals surface area contributed by atoms with E-state index in [-0.39, 0.29) is 30.7 Å². The zero-order valence-electron chi connectivity index (χ0n) is 22.1. The van der Waals surface area contributed by atoms with Crippen LogP contribution in [0, 0.1) is 6.92 Å². The summed E-state index contributed by atoms with van der Waals surface area (Å²) in [6.45, 7) is 5.90. The van der Waals surface area contributed by atoms with E-state index in [0.717, 1.165) is 10.5 Å². The van der Waals surface area contributed by atoms with Crippen molar-refractivity contribution in [3.05, 3.63) is 59.7 Å². The van der Waals surface area contributed by atoms with E-state index in [2.05, 4.69) is 10.6 Å². The number of nitrogens with zero attached hydrogens (tertiary/aromatic N) is 1. The zero-order chi connectivity index (χ0) is 28.5. The minimum Gasteiger partial charge on any atom is -0.508 e. The van der Waals surface area contributed by atoms with Gasteiger partial charge >= 0.3 is 6.09 Å². The molecule has 206 valence electrons. The third kappa shape index (κ3) is 8.77. The van der Waals surface area contributed by atoms with E-state index in [1.165, 1.54) is 12.1 Å². The molecule has 0 radical (unpaired) electrons. The predicted molar refractivity (Wildman–Crippen MR) is 141 cm³/mol. The molecule has 0 aliphatic carbocycles. The second kappa shape index (κ2) is 13.4. The molecular formula is C27H36N4O7. The van der Waals surface area contributed by atoms with E-state index in [9.17, 15) is 29.4 Å². The number of amides is 4. The van der Waals surface area contributed by atoms with Gasteiger partial charge in [-0.25, -0.2) is 4.79 Å². The Hall–Kier alpha value is -4.12. The van der Waals surface area contributed by atoms with Crippen LogP contribution >= 0.6 is 0 Å². The van der Waals surface area contributed by atoms with E-state index < -0.39 is 48.1 Å². The highest BCUT2D eigenvalue weighted by atomic mass is 16.6. The van der Waals surface area contributed by atoms with Gasteiger partial charge in [-0.05, 0) is 51.8 Å². The molecule has 0 spiro atoms. The van der Waals surface area contributed by atoms with Crippen molar-refractivity contribution in [1.82, 2.24) is 10.2 Å². The summed E-state index contributed by atoms with van der Waals surface area (Å²) in [5.74, 6) is -2.38. The summed E-state index contributed by atoms with van der Waals surface area (Å²) >= 11 is 0. The molecule has 4 amide bonds. The summed E-state index contributed by atoms with van der Waals surface area (Å²) in [6, 6.07) is 10.3. The van der Waals surface area contributed by atoms with Crippen molar-refractivity contribution in [2.45, 2.75) is 58.2 Å². The average Bonchev–Trinajstić information content (AvgIpc) is 2.82. The number of para-hydroxylation sites is 2. The molecule has 11 nitrogen and oxygen atoms in total. The van der Waals surface area contributed by atoms with Crippen LogP contribution < -0.4 is 16.4 Å². The number of hydrogen-bond acceptors (Lipinski definition) is 7. The van der Waals surface area contributed by atoms with Gasteiger partial charge < -0.3 is 36.2 Å². The Morgan fingerprint density at radius 3 is 2.26 bits per heavy atom. The molecule has 0 aliphatic heterocycles. The molecule has 2 aromatic rings. The second-order valence-electron chi connectivity index (χ2n) is 9.72. The van der Waals surface area contributed by atoms with Crippen LogP contribution in [0.15, 0.2) is 48.5 Å². The van der Waals surface area contributed by atoms with Crippen LogP contribution in [-0.4, -0.2) is 63.7 Å². The lowest BCUT2D eigenvalue weighted by Crippen LogP contribution is -2.53. The summed E-state index contributed by atoms with van der Waals surface area (Å²) in [5.41, 5.74) is 5.78. The quantitative estimate of drug-likeness (QED) is 0.298. The lowest BCUT2D eigenvalue weighted by molar-refractivity contribution is -0.141. The lowest BCUT2D eigenvalue weighted by Gasteiger charge is -2.34. The minimum absolute atomic E-state index is 0.103. The number of carbonyl (C=O) groups is 4.